The Labute approximate surface area is 155 Å². The Morgan fingerprint density at radius 3 is 2.44 bits per heavy atom. The predicted octanol–water partition coefficient (Wildman–Crippen LogP) is 3.43. The van der Waals surface area contributed by atoms with E-state index in [2.05, 4.69) is 22.2 Å². The van der Waals surface area contributed by atoms with Gasteiger partial charge in [-0.25, -0.2) is 5.01 Å². The van der Waals surface area contributed by atoms with E-state index in [1.807, 2.05) is 24.3 Å². The normalized spacial score (nSPS) is 19.9. The van der Waals surface area contributed by atoms with Crippen LogP contribution in [0.3, 0.4) is 0 Å². The van der Waals surface area contributed by atoms with Crippen molar-refractivity contribution in [3.63, 3.8) is 0 Å². The van der Waals surface area contributed by atoms with Crippen LogP contribution in [0.15, 0.2) is 47.2 Å². The molecule has 4 rings (SSSR count). The van der Waals surface area contributed by atoms with E-state index in [1.165, 1.54) is 16.8 Å². The highest BCUT2D eigenvalue weighted by Crippen LogP contribution is 2.25. The second-order valence-corrected chi connectivity index (χ2v) is 7.03. The lowest BCUT2D eigenvalue weighted by atomic mass is 9.96. The van der Waals surface area contributed by atoms with Crippen molar-refractivity contribution in [2.75, 3.05) is 19.6 Å². The summed E-state index contributed by atoms with van der Waals surface area (Å²) in [5.74, 6) is -0.580. The van der Waals surface area contributed by atoms with Crippen molar-refractivity contribution in [3.05, 3.63) is 58.8 Å². The van der Waals surface area contributed by atoms with E-state index in [4.69, 9.17) is 0 Å². The van der Waals surface area contributed by atoms with Gasteiger partial charge in [-0.3, -0.25) is 4.79 Å². The molecule has 2 heterocycles. The zero-order valence-corrected chi connectivity index (χ0v) is 14.8. The summed E-state index contributed by atoms with van der Waals surface area (Å²) in [4.78, 5) is 14.1. The lowest BCUT2D eigenvalue weighted by Crippen LogP contribution is -2.38. The Morgan fingerprint density at radius 2 is 1.78 bits per heavy atom. The van der Waals surface area contributed by atoms with Crippen LogP contribution in [0.1, 0.15) is 29.5 Å². The molecule has 1 amide bonds. The summed E-state index contributed by atoms with van der Waals surface area (Å²) in [5, 5.41) is 4.57. The predicted molar refractivity (Wildman–Crippen MR) is 96.2 cm³/mol. The Morgan fingerprint density at radius 1 is 1.04 bits per heavy atom. The number of carbonyl (C=O) groups excluding carboxylic acids is 1. The molecule has 1 aliphatic carbocycles. The molecule has 0 atom stereocenters. The molecule has 0 aromatic heterocycles. The Bertz CT molecular complexity index is 855. The Balaban J connectivity index is 1.54. The first-order valence-electron chi connectivity index (χ1n) is 9.09. The molecular formula is C20H20F3N3O. The zero-order chi connectivity index (χ0) is 19.0. The van der Waals surface area contributed by atoms with E-state index in [0.717, 1.165) is 31.5 Å². The molecule has 0 bridgehead atoms. The molecule has 4 nitrogen and oxygen atoms in total. The van der Waals surface area contributed by atoms with Gasteiger partial charge >= 0.3 is 6.18 Å². The molecule has 0 spiro atoms. The van der Waals surface area contributed by atoms with Crippen LogP contribution in [0.4, 0.5) is 13.2 Å². The number of hydrazone groups is 1. The standard InChI is InChI=1S/C20H20F3N3O/c21-20(22,23)13-26-19(27)7-6-18(24-26)16-5-4-14-8-10-25(17-2-1-3-17)11-9-15(14)12-16/h1-5,12H,6-11,13H2. The van der Waals surface area contributed by atoms with Crippen LogP contribution < -0.4 is 0 Å². The molecule has 142 valence electrons. The van der Waals surface area contributed by atoms with Gasteiger partial charge in [-0.05, 0) is 47.8 Å². The molecular weight excluding hydrogens is 355 g/mol. The van der Waals surface area contributed by atoms with E-state index >= 15 is 0 Å². The van der Waals surface area contributed by atoms with Gasteiger partial charge < -0.3 is 4.90 Å². The van der Waals surface area contributed by atoms with Crippen molar-refractivity contribution < 1.29 is 18.0 Å². The fraction of sp³-hybridized carbons (Fsp3) is 0.400. The van der Waals surface area contributed by atoms with Gasteiger partial charge in [0.2, 0.25) is 5.91 Å². The minimum atomic E-state index is -4.45. The van der Waals surface area contributed by atoms with Gasteiger partial charge in [-0.15, -0.1) is 0 Å². The summed E-state index contributed by atoms with van der Waals surface area (Å²) >= 11 is 0. The molecule has 0 N–H and O–H groups in total. The number of halogens is 3. The molecule has 1 aromatic carbocycles. The molecule has 0 unspecified atom stereocenters. The Kier molecular flexibility index (Phi) is 4.53. The summed E-state index contributed by atoms with van der Waals surface area (Å²) in [6.45, 7) is 0.535. The van der Waals surface area contributed by atoms with E-state index in [-0.39, 0.29) is 6.42 Å². The summed E-state index contributed by atoms with van der Waals surface area (Å²) < 4.78 is 38.0. The van der Waals surface area contributed by atoms with E-state index in [9.17, 15) is 18.0 Å². The molecule has 0 saturated heterocycles. The maximum atomic E-state index is 12.7. The Hall–Kier alpha value is -2.57. The molecule has 0 saturated carbocycles. The van der Waals surface area contributed by atoms with Crippen molar-refractivity contribution in [2.24, 2.45) is 5.10 Å². The highest BCUT2D eigenvalue weighted by atomic mass is 19.4. The number of fused-ring (bicyclic) bond motifs is 1. The summed E-state index contributed by atoms with van der Waals surface area (Å²) in [6.07, 6.45) is 4.02. The molecule has 3 aliphatic rings. The monoisotopic (exact) mass is 375 g/mol. The first-order valence-corrected chi connectivity index (χ1v) is 9.09. The van der Waals surface area contributed by atoms with Crippen LogP contribution in [0, 0.1) is 0 Å². The van der Waals surface area contributed by atoms with Crippen LogP contribution in [0.25, 0.3) is 0 Å². The quantitative estimate of drug-likeness (QED) is 0.812. The average molecular weight is 375 g/mol. The van der Waals surface area contributed by atoms with Crippen molar-refractivity contribution in [1.29, 1.82) is 0 Å². The van der Waals surface area contributed by atoms with Gasteiger partial charge in [0.05, 0.1) is 5.71 Å². The number of rotatable bonds is 3. The largest absolute Gasteiger partial charge is 0.408 e. The lowest BCUT2D eigenvalue weighted by molar-refractivity contribution is -0.161. The summed E-state index contributed by atoms with van der Waals surface area (Å²) in [6, 6.07) is 5.99. The van der Waals surface area contributed by atoms with Crippen molar-refractivity contribution >= 4 is 11.6 Å². The van der Waals surface area contributed by atoms with Crippen LogP contribution in [0.2, 0.25) is 0 Å². The number of nitrogens with zero attached hydrogens (tertiary/aromatic N) is 3. The minimum Gasteiger partial charge on any atom is -0.371 e. The maximum Gasteiger partial charge on any atom is 0.408 e. The van der Waals surface area contributed by atoms with E-state index in [0.29, 0.717) is 17.1 Å². The number of hydrogen-bond donors (Lipinski definition) is 0. The number of hydrogen-bond acceptors (Lipinski definition) is 3. The number of carbonyl (C=O) groups is 1. The van der Waals surface area contributed by atoms with Crippen molar-refractivity contribution in [2.45, 2.75) is 31.9 Å². The fourth-order valence-electron chi connectivity index (χ4n) is 3.66. The van der Waals surface area contributed by atoms with E-state index < -0.39 is 18.6 Å². The molecule has 0 radical (unpaired) electrons. The number of allylic oxidation sites excluding steroid dienone is 3. The van der Waals surface area contributed by atoms with Gasteiger partial charge in [0, 0.05) is 31.6 Å². The van der Waals surface area contributed by atoms with Crippen LogP contribution >= 0.6 is 0 Å². The summed E-state index contributed by atoms with van der Waals surface area (Å²) in [5.41, 5.74) is 5.09. The number of amides is 1. The van der Waals surface area contributed by atoms with Crippen molar-refractivity contribution in [3.8, 4) is 0 Å². The third-order valence-corrected chi connectivity index (χ3v) is 5.17. The highest BCUT2D eigenvalue weighted by Gasteiger charge is 2.35. The fourth-order valence-corrected chi connectivity index (χ4v) is 3.66. The second-order valence-electron chi connectivity index (χ2n) is 7.03. The minimum absolute atomic E-state index is 0.0558. The third-order valence-electron chi connectivity index (χ3n) is 5.17. The average Bonchev–Trinajstić information content (AvgIpc) is 2.76. The van der Waals surface area contributed by atoms with Crippen LogP contribution in [0.5, 0.6) is 0 Å². The first kappa shape index (κ1) is 17.8. The number of alkyl halides is 3. The van der Waals surface area contributed by atoms with Gasteiger partial charge in [0.1, 0.15) is 6.54 Å². The van der Waals surface area contributed by atoms with Gasteiger partial charge in [0.15, 0.2) is 0 Å². The van der Waals surface area contributed by atoms with Gasteiger partial charge in [-0.1, -0.05) is 18.2 Å². The van der Waals surface area contributed by atoms with Crippen LogP contribution in [-0.4, -0.2) is 47.3 Å². The van der Waals surface area contributed by atoms with E-state index in [1.54, 1.807) is 0 Å². The first-order chi connectivity index (χ1) is 12.9. The number of benzene rings is 1. The smallest absolute Gasteiger partial charge is 0.371 e. The maximum absolute atomic E-state index is 12.7. The highest BCUT2D eigenvalue weighted by molar-refractivity contribution is 6.04. The summed E-state index contributed by atoms with van der Waals surface area (Å²) in [7, 11) is 0. The lowest BCUT2D eigenvalue weighted by Gasteiger charge is -2.26. The molecule has 7 heteroatoms. The topological polar surface area (TPSA) is 35.9 Å². The van der Waals surface area contributed by atoms with Gasteiger partial charge in [-0.2, -0.15) is 18.3 Å². The second kappa shape index (κ2) is 6.87. The van der Waals surface area contributed by atoms with Crippen LogP contribution in [-0.2, 0) is 17.6 Å². The zero-order valence-electron chi connectivity index (χ0n) is 14.8. The van der Waals surface area contributed by atoms with Gasteiger partial charge in [0.25, 0.3) is 0 Å². The third kappa shape index (κ3) is 3.91. The molecule has 2 aliphatic heterocycles. The molecule has 1 aromatic rings. The molecule has 0 fully saturated rings. The van der Waals surface area contributed by atoms with Crippen molar-refractivity contribution in [1.82, 2.24) is 9.91 Å². The molecule has 27 heavy (non-hydrogen) atoms. The SMILES string of the molecule is O=C1CCC(c2ccc3c(c2)CCN(C2=CC=C2)CC3)=NN1CC(F)(F)F.